The largest absolute Gasteiger partial charge is 0.355 e. The standard InChI is InChI=1S/C23H28Cl2N2O/c1-16(20-7-8-21(24)22(25)15-20)9-12-27-13-10-18(11-14-27)17-3-5-19(6-4-17)23(28)26-2/h3-8,15-16,18H,9-14H2,1-2H3,(H,26,28). The summed E-state index contributed by atoms with van der Waals surface area (Å²) in [5, 5.41) is 3.91. The fourth-order valence-electron chi connectivity index (χ4n) is 3.90. The topological polar surface area (TPSA) is 32.3 Å². The average Bonchev–Trinajstić information content (AvgIpc) is 2.74. The molecule has 3 rings (SSSR count). The van der Waals surface area contributed by atoms with Gasteiger partial charge in [-0.3, -0.25) is 4.79 Å². The maximum absolute atomic E-state index is 11.7. The van der Waals surface area contributed by atoms with Crippen LogP contribution in [0.1, 0.15) is 59.5 Å². The van der Waals surface area contributed by atoms with Gasteiger partial charge in [-0.1, -0.05) is 48.3 Å². The van der Waals surface area contributed by atoms with Crippen LogP contribution in [0.5, 0.6) is 0 Å². The zero-order valence-electron chi connectivity index (χ0n) is 16.6. The second-order valence-electron chi connectivity index (χ2n) is 7.68. The molecule has 0 spiro atoms. The Hall–Kier alpha value is -1.55. The molecule has 1 amide bonds. The quantitative estimate of drug-likeness (QED) is 0.649. The molecule has 2 aromatic rings. The highest BCUT2D eigenvalue weighted by molar-refractivity contribution is 6.42. The Bertz CT molecular complexity index is 799. The number of nitrogens with zero attached hydrogens (tertiary/aromatic N) is 1. The van der Waals surface area contributed by atoms with Gasteiger partial charge < -0.3 is 10.2 Å². The van der Waals surface area contributed by atoms with E-state index in [-0.39, 0.29) is 5.91 Å². The van der Waals surface area contributed by atoms with Crippen molar-refractivity contribution in [1.82, 2.24) is 10.2 Å². The minimum Gasteiger partial charge on any atom is -0.355 e. The minimum atomic E-state index is -0.0301. The van der Waals surface area contributed by atoms with Gasteiger partial charge in [0.25, 0.3) is 5.91 Å². The smallest absolute Gasteiger partial charge is 0.251 e. The second-order valence-corrected chi connectivity index (χ2v) is 8.49. The number of carbonyl (C=O) groups is 1. The van der Waals surface area contributed by atoms with Gasteiger partial charge in [0.15, 0.2) is 0 Å². The van der Waals surface area contributed by atoms with Gasteiger partial charge >= 0.3 is 0 Å². The van der Waals surface area contributed by atoms with E-state index < -0.39 is 0 Å². The Kier molecular flexibility index (Phi) is 7.39. The number of benzene rings is 2. The zero-order chi connectivity index (χ0) is 20.1. The van der Waals surface area contributed by atoms with Gasteiger partial charge in [0, 0.05) is 12.6 Å². The van der Waals surface area contributed by atoms with E-state index >= 15 is 0 Å². The molecule has 5 heteroatoms. The Labute approximate surface area is 178 Å². The van der Waals surface area contributed by atoms with Crippen molar-refractivity contribution in [1.29, 1.82) is 0 Å². The lowest BCUT2D eigenvalue weighted by Gasteiger charge is -2.33. The molecule has 1 unspecified atom stereocenters. The third-order valence-electron chi connectivity index (χ3n) is 5.85. The van der Waals surface area contributed by atoms with Crippen molar-refractivity contribution in [2.24, 2.45) is 0 Å². The summed E-state index contributed by atoms with van der Waals surface area (Å²) in [4.78, 5) is 14.2. The average molecular weight is 419 g/mol. The highest BCUT2D eigenvalue weighted by Crippen LogP contribution is 2.30. The van der Waals surface area contributed by atoms with E-state index in [0.29, 0.717) is 21.9 Å². The summed E-state index contributed by atoms with van der Waals surface area (Å²) in [6, 6.07) is 14.0. The van der Waals surface area contributed by atoms with Crippen LogP contribution in [0.15, 0.2) is 42.5 Å². The first kappa shape index (κ1) is 21.2. The van der Waals surface area contributed by atoms with Gasteiger partial charge in [-0.2, -0.15) is 0 Å². The molecule has 150 valence electrons. The number of hydrogen-bond acceptors (Lipinski definition) is 2. The molecule has 0 aliphatic carbocycles. The van der Waals surface area contributed by atoms with E-state index in [1.807, 2.05) is 24.3 Å². The van der Waals surface area contributed by atoms with Gasteiger partial charge in [0.2, 0.25) is 0 Å². The summed E-state index contributed by atoms with van der Waals surface area (Å²) in [5.74, 6) is 1.02. The highest BCUT2D eigenvalue weighted by Gasteiger charge is 2.21. The third kappa shape index (κ3) is 5.28. The monoisotopic (exact) mass is 418 g/mol. The van der Waals surface area contributed by atoms with Crippen LogP contribution in [-0.2, 0) is 0 Å². The molecule has 1 aliphatic rings. The number of rotatable bonds is 6. The van der Waals surface area contributed by atoms with Crippen molar-refractivity contribution in [2.75, 3.05) is 26.7 Å². The van der Waals surface area contributed by atoms with Crippen molar-refractivity contribution >= 4 is 29.1 Å². The molecule has 28 heavy (non-hydrogen) atoms. The summed E-state index contributed by atoms with van der Waals surface area (Å²) < 4.78 is 0. The van der Waals surface area contributed by atoms with E-state index in [1.165, 1.54) is 24.0 Å². The number of likely N-dealkylation sites (tertiary alicyclic amines) is 1. The summed E-state index contributed by atoms with van der Waals surface area (Å²) in [6.07, 6.45) is 3.45. The minimum absolute atomic E-state index is 0.0301. The molecule has 1 N–H and O–H groups in total. The lowest BCUT2D eigenvalue weighted by molar-refractivity contribution is 0.0963. The molecule has 1 fully saturated rings. The molecule has 1 heterocycles. The molecule has 1 saturated heterocycles. The zero-order valence-corrected chi connectivity index (χ0v) is 18.1. The number of carbonyl (C=O) groups excluding carboxylic acids is 1. The molecular formula is C23H28Cl2N2O. The van der Waals surface area contributed by atoms with E-state index in [2.05, 4.69) is 35.3 Å². The first-order valence-electron chi connectivity index (χ1n) is 9.97. The number of amides is 1. The predicted molar refractivity (Wildman–Crippen MR) is 118 cm³/mol. The van der Waals surface area contributed by atoms with Crippen LogP contribution in [0.2, 0.25) is 10.0 Å². The van der Waals surface area contributed by atoms with Gasteiger partial charge in [0.1, 0.15) is 0 Å². The van der Waals surface area contributed by atoms with Crippen LogP contribution in [0.4, 0.5) is 0 Å². The number of piperidine rings is 1. The number of halogens is 2. The Morgan fingerprint density at radius 2 is 1.79 bits per heavy atom. The fourth-order valence-corrected chi connectivity index (χ4v) is 4.21. The summed E-state index contributed by atoms with van der Waals surface area (Å²) in [5.41, 5.74) is 3.32. The van der Waals surface area contributed by atoms with Gasteiger partial charge in [-0.25, -0.2) is 0 Å². The van der Waals surface area contributed by atoms with Gasteiger partial charge in [0.05, 0.1) is 10.0 Å². The van der Waals surface area contributed by atoms with Crippen LogP contribution in [-0.4, -0.2) is 37.5 Å². The summed E-state index contributed by atoms with van der Waals surface area (Å²) in [6.45, 7) is 5.59. The highest BCUT2D eigenvalue weighted by atomic mass is 35.5. The molecule has 0 aromatic heterocycles. The Morgan fingerprint density at radius 1 is 1.11 bits per heavy atom. The number of hydrogen-bond donors (Lipinski definition) is 1. The van der Waals surface area contributed by atoms with E-state index in [9.17, 15) is 4.79 Å². The van der Waals surface area contributed by atoms with Crippen molar-refractivity contribution < 1.29 is 4.79 Å². The summed E-state index contributed by atoms with van der Waals surface area (Å²) in [7, 11) is 1.66. The van der Waals surface area contributed by atoms with E-state index in [4.69, 9.17) is 23.2 Å². The van der Waals surface area contributed by atoms with Crippen LogP contribution >= 0.6 is 23.2 Å². The molecule has 2 aromatic carbocycles. The first-order chi connectivity index (χ1) is 13.5. The fraction of sp³-hybridized carbons (Fsp3) is 0.435. The maximum atomic E-state index is 11.7. The Morgan fingerprint density at radius 3 is 2.39 bits per heavy atom. The molecule has 1 aliphatic heterocycles. The molecule has 3 nitrogen and oxygen atoms in total. The molecule has 0 radical (unpaired) electrons. The molecule has 0 saturated carbocycles. The lowest BCUT2D eigenvalue weighted by atomic mass is 9.88. The van der Waals surface area contributed by atoms with Gasteiger partial charge in [-0.15, -0.1) is 0 Å². The van der Waals surface area contributed by atoms with Crippen molar-refractivity contribution in [3.8, 4) is 0 Å². The second kappa shape index (κ2) is 9.78. The number of nitrogens with one attached hydrogen (secondary N) is 1. The normalized spacial score (nSPS) is 16.7. The molecular weight excluding hydrogens is 391 g/mol. The predicted octanol–water partition coefficient (Wildman–Crippen LogP) is 5.73. The van der Waals surface area contributed by atoms with Crippen LogP contribution in [0, 0.1) is 0 Å². The lowest BCUT2D eigenvalue weighted by Crippen LogP contribution is -2.34. The summed E-state index contributed by atoms with van der Waals surface area (Å²) >= 11 is 12.2. The van der Waals surface area contributed by atoms with Gasteiger partial charge in [-0.05, 0) is 86.1 Å². The van der Waals surface area contributed by atoms with Crippen molar-refractivity contribution in [3.05, 3.63) is 69.2 Å². The third-order valence-corrected chi connectivity index (χ3v) is 6.59. The van der Waals surface area contributed by atoms with E-state index in [1.54, 1.807) is 7.05 Å². The molecule has 1 atom stereocenters. The van der Waals surface area contributed by atoms with E-state index in [0.717, 1.165) is 31.6 Å². The van der Waals surface area contributed by atoms with Crippen molar-refractivity contribution in [3.63, 3.8) is 0 Å². The molecule has 0 bridgehead atoms. The van der Waals surface area contributed by atoms with Crippen molar-refractivity contribution in [2.45, 2.75) is 38.0 Å². The first-order valence-corrected chi connectivity index (χ1v) is 10.7. The Balaban J connectivity index is 1.47. The van der Waals surface area contributed by atoms with Crippen LogP contribution in [0.3, 0.4) is 0 Å². The maximum Gasteiger partial charge on any atom is 0.251 e. The SMILES string of the molecule is CNC(=O)c1ccc(C2CCN(CCC(C)c3ccc(Cl)c(Cl)c3)CC2)cc1. The van der Waals surface area contributed by atoms with Crippen LogP contribution < -0.4 is 5.32 Å². The van der Waals surface area contributed by atoms with Crippen LogP contribution in [0.25, 0.3) is 0 Å².